The van der Waals surface area contributed by atoms with Crippen LogP contribution in [0.3, 0.4) is 0 Å². The van der Waals surface area contributed by atoms with E-state index in [1.165, 1.54) is 11.8 Å². The average molecular weight is 442 g/mol. The fourth-order valence-electron chi connectivity index (χ4n) is 3.14. The molecule has 0 bridgehead atoms. The molecule has 0 radical (unpaired) electrons. The summed E-state index contributed by atoms with van der Waals surface area (Å²) in [7, 11) is 1.57. The summed E-state index contributed by atoms with van der Waals surface area (Å²) in [5, 5.41) is 5.36. The summed E-state index contributed by atoms with van der Waals surface area (Å²) in [5.74, 6) is 0.169. The number of hydrogen-bond acceptors (Lipinski definition) is 6. The third-order valence-electron chi connectivity index (χ3n) is 4.70. The van der Waals surface area contributed by atoms with Gasteiger partial charge in [-0.1, -0.05) is 36.0 Å². The van der Waals surface area contributed by atoms with Gasteiger partial charge in [0.2, 0.25) is 17.7 Å². The highest BCUT2D eigenvalue weighted by Gasteiger charge is 2.29. The van der Waals surface area contributed by atoms with Gasteiger partial charge < -0.3 is 15.4 Å². The second-order valence-corrected chi connectivity index (χ2v) is 7.94. The lowest BCUT2D eigenvalue weighted by molar-refractivity contribution is -0.125. The minimum absolute atomic E-state index is 0.0572. The molecule has 3 rings (SSSR count). The van der Waals surface area contributed by atoms with Gasteiger partial charge in [-0.2, -0.15) is 0 Å². The second kappa shape index (κ2) is 10.1. The molecule has 1 unspecified atom stereocenters. The third-order valence-corrected chi connectivity index (χ3v) is 5.56. The SMILES string of the molecule is COc1ccc(C(CC(=O)Nc2ccc(CN3C(=O)CSC3=O)cc2)NC(C)=O)cc1. The molecule has 9 heteroatoms. The summed E-state index contributed by atoms with van der Waals surface area (Å²) >= 11 is 0.998. The van der Waals surface area contributed by atoms with E-state index >= 15 is 0 Å². The fraction of sp³-hybridized carbons (Fsp3) is 0.273. The molecule has 2 aromatic carbocycles. The Morgan fingerprint density at radius 2 is 1.77 bits per heavy atom. The summed E-state index contributed by atoms with van der Waals surface area (Å²) in [4.78, 5) is 48.8. The largest absolute Gasteiger partial charge is 0.497 e. The molecular weight excluding hydrogens is 418 g/mol. The van der Waals surface area contributed by atoms with Crippen LogP contribution < -0.4 is 15.4 Å². The molecule has 0 aromatic heterocycles. The van der Waals surface area contributed by atoms with E-state index in [9.17, 15) is 19.2 Å². The first-order chi connectivity index (χ1) is 14.9. The van der Waals surface area contributed by atoms with Gasteiger partial charge in [-0.25, -0.2) is 0 Å². The van der Waals surface area contributed by atoms with E-state index in [0.717, 1.165) is 22.9 Å². The predicted molar refractivity (Wildman–Crippen MR) is 118 cm³/mol. The Morgan fingerprint density at radius 1 is 1.10 bits per heavy atom. The Labute approximate surface area is 184 Å². The Morgan fingerprint density at radius 3 is 2.32 bits per heavy atom. The van der Waals surface area contributed by atoms with Crippen LogP contribution in [0.4, 0.5) is 10.5 Å². The molecule has 1 saturated heterocycles. The zero-order chi connectivity index (χ0) is 22.4. The first-order valence-electron chi connectivity index (χ1n) is 9.62. The maximum atomic E-state index is 12.6. The number of carbonyl (C=O) groups excluding carboxylic acids is 4. The van der Waals surface area contributed by atoms with Crippen LogP contribution in [0.5, 0.6) is 5.75 Å². The van der Waals surface area contributed by atoms with Gasteiger partial charge in [0.05, 0.1) is 31.9 Å². The number of thioether (sulfide) groups is 1. The minimum Gasteiger partial charge on any atom is -0.497 e. The van der Waals surface area contributed by atoms with Crippen LogP contribution in [-0.4, -0.2) is 40.7 Å². The summed E-state index contributed by atoms with van der Waals surface area (Å²) < 4.78 is 5.15. The number of amides is 4. The van der Waals surface area contributed by atoms with Gasteiger partial charge in [-0.05, 0) is 35.4 Å². The molecule has 2 aromatic rings. The first kappa shape index (κ1) is 22.4. The zero-order valence-corrected chi connectivity index (χ0v) is 18.0. The van der Waals surface area contributed by atoms with E-state index in [2.05, 4.69) is 10.6 Å². The molecular formula is C22H23N3O5S. The number of methoxy groups -OCH3 is 1. The van der Waals surface area contributed by atoms with E-state index < -0.39 is 6.04 Å². The lowest BCUT2D eigenvalue weighted by atomic mass is 10.0. The predicted octanol–water partition coefficient (Wildman–Crippen LogP) is 3.10. The summed E-state index contributed by atoms with van der Waals surface area (Å²) in [6.07, 6.45) is 0.0572. The van der Waals surface area contributed by atoms with Crippen LogP contribution in [0.15, 0.2) is 48.5 Å². The van der Waals surface area contributed by atoms with Crippen LogP contribution in [-0.2, 0) is 20.9 Å². The normalized spacial score (nSPS) is 14.3. The molecule has 4 amide bonds. The highest BCUT2D eigenvalue weighted by atomic mass is 32.2. The van der Waals surface area contributed by atoms with Crippen molar-refractivity contribution in [1.29, 1.82) is 0 Å². The molecule has 0 saturated carbocycles. The molecule has 8 nitrogen and oxygen atoms in total. The molecule has 1 aliphatic heterocycles. The molecule has 2 N–H and O–H groups in total. The van der Waals surface area contributed by atoms with Crippen molar-refractivity contribution in [2.45, 2.75) is 25.9 Å². The van der Waals surface area contributed by atoms with Crippen molar-refractivity contribution in [3.8, 4) is 5.75 Å². The van der Waals surface area contributed by atoms with Crippen molar-refractivity contribution in [3.05, 3.63) is 59.7 Å². The standard InChI is InChI=1S/C22H23N3O5S/c1-14(26)23-19(16-5-9-18(30-2)10-6-16)11-20(27)24-17-7-3-15(4-8-17)12-25-21(28)13-31-22(25)29/h3-10,19H,11-13H2,1-2H3,(H,23,26)(H,24,27). The van der Waals surface area contributed by atoms with Crippen molar-refractivity contribution in [2.24, 2.45) is 0 Å². The van der Waals surface area contributed by atoms with Gasteiger partial charge in [0.15, 0.2) is 0 Å². The third kappa shape index (κ3) is 6.08. The minimum atomic E-state index is -0.479. The van der Waals surface area contributed by atoms with E-state index in [0.29, 0.717) is 11.4 Å². The number of imide groups is 1. The number of benzene rings is 2. The number of rotatable bonds is 8. The first-order valence-corrected chi connectivity index (χ1v) is 10.6. The fourth-order valence-corrected chi connectivity index (χ4v) is 3.87. The lowest BCUT2D eigenvalue weighted by Crippen LogP contribution is -2.29. The number of anilines is 1. The van der Waals surface area contributed by atoms with Crippen molar-refractivity contribution in [1.82, 2.24) is 10.2 Å². The van der Waals surface area contributed by atoms with Crippen LogP contribution in [0.25, 0.3) is 0 Å². The molecule has 1 atom stereocenters. The number of hydrogen-bond donors (Lipinski definition) is 2. The zero-order valence-electron chi connectivity index (χ0n) is 17.2. The number of ether oxygens (including phenoxy) is 1. The summed E-state index contributed by atoms with van der Waals surface area (Å²) in [5.41, 5.74) is 2.16. The monoisotopic (exact) mass is 441 g/mol. The molecule has 31 heavy (non-hydrogen) atoms. The van der Waals surface area contributed by atoms with Crippen molar-refractivity contribution >= 4 is 40.4 Å². The smallest absolute Gasteiger partial charge is 0.289 e. The summed E-state index contributed by atoms with van der Waals surface area (Å²) in [6, 6.07) is 13.6. The quantitative estimate of drug-likeness (QED) is 0.652. The van der Waals surface area contributed by atoms with E-state index in [1.807, 2.05) is 0 Å². The Kier molecular flexibility index (Phi) is 7.30. The van der Waals surface area contributed by atoms with Gasteiger partial charge >= 0.3 is 0 Å². The van der Waals surface area contributed by atoms with Crippen LogP contribution in [0.2, 0.25) is 0 Å². The molecule has 1 aliphatic rings. The van der Waals surface area contributed by atoms with Gasteiger partial charge in [0.25, 0.3) is 5.24 Å². The maximum Gasteiger partial charge on any atom is 0.289 e. The molecule has 0 aliphatic carbocycles. The summed E-state index contributed by atoms with van der Waals surface area (Å²) in [6.45, 7) is 1.61. The van der Waals surface area contributed by atoms with E-state index in [4.69, 9.17) is 4.74 Å². The van der Waals surface area contributed by atoms with Crippen molar-refractivity contribution < 1.29 is 23.9 Å². The highest BCUT2D eigenvalue weighted by molar-refractivity contribution is 8.14. The van der Waals surface area contributed by atoms with Gasteiger partial charge in [-0.15, -0.1) is 0 Å². The lowest BCUT2D eigenvalue weighted by Gasteiger charge is -2.18. The Bertz CT molecular complexity index is 960. The number of nitrogens with zero attached hydrogens (tertiary/aromatic N) is 1. The maximum absolute atomic E-state index is 12.6. The van der Waals surface area contributed by atoms with Gasteiger partial charge in [-0.3, -0.25) is 24.1 Å². The molecule has 0 spiro atoms. The van der Waals surface area contributed by atoms with Crippen molar-refractivity contribution in [2.75, 3.05) is 18.2 Å². The molecule has 162 valence electrons. The van der Waals surface area contributed by atoms with Gasteiger partial charge in [0.1, 0.15) is 5.75 Å². The number of nitrogens with one attached hydrogen (secondary N) is 2. The van der Waals surface area contributed by atoms with Gasteiger partial charge in [0, 0.05) is 12.6 Å². The van der Waals surface area contributed by atoms with E-state index in [1.54, 1.807) is 55.6 Å². The van der Waals surface area contributed by atoms with Crippen LogP contribution >= 0.6 is 11.8 Å². The topological polar surface area (TPSA) is 105 Å². The Hall–Kier alpha value is -3.33. The van der Waals surface area contributed by atoms with Crippen LogP contribution in [0.1, 0.15) is 30.5 Å². The average Bonchev–Trinajstić information content (AvgIpc) is 3.06. The molecule has 1 heterocycles. The second-order valence-electron chi connectivity index (χ2n) is 7.01. The highest BCUT2D eigenvalue weighted by Crippen LogP contribution is 2.23. The Balaban J connectivity index is 1.61. The molecule has 1 fully saturated rings. The van der Waals surface area contributed by atoms with Crippen molar-refractivity contribution in [3.63, 3.8) is 0 Å². The number of carbonyl (C=O) groups is 4. The van der Waals surface area contributed by atoms with E-state index in [-0.39, 0.29) is 41.7 Å². The van der Waals surface area contributed by atoms with Crippen LogP contribution in [0, 0.1) is 0 Å².